The number of anilines is 2. The minimum atomic E-state index is -0.114. The molecule has 6 nitrogen and oxygen atoms in total. The molecule has 0 atom stereocenters. The molecule has 30 heavy (non-hydrogen) atoms. The van der Waals surface area contributed by atoms with E-state index in [-0.39, 0.29) is 5.91 Å². The number of carbonyl (C=O) groups is 1. The fourth-order valence-electron chi connectivity index (χ4n) is 4.89. The van der Waals surface area contributed by atoms with Crippen LogP contribution < -0.4 is 16.0 Å². The third-order valence-corrected chi connectivity index (χ3v) is 7.63. The SMILES string of the molecule is Nc1c(C(=O)NCCc2c[nH]c3ccccc23)sc2nc3c(cc12)N1CCC3CC1. The van der Waals surface area contributed by atoms with Crippen molar-refractivity contribution < 1.29 is 4.79 Å². The Morgan fingerprint density at radius 3 is 2.97 bits per heavy atom. The Morgan fingerprint density at radius 1 is 1.27 bits per heavy atom. The minimum Gasteiger partial charge on any atom is -0.397 e. The highest BCUT2D eigenvalue weighted by Gasteiger charge is 2.33. The zero-order valence-corrected chi connectivity index (χ0v) is 17.4. The largest absolute Gasteiger partial charge is 0.397 e. The number of nitrogen functional groups attached to an aromatic ring is 1. The van der Waals surface area contributed by atoms with Crippen LogP contribution in [0.15, 0.2) is 36.5 Å². The van der Waals surface area contributed by atoms with Gasteiger partial charge in [-0.25, -0.2) is 4.98 Å². The van der Waals surface area contributed by atoms with Gasteiger partial charge in [0.15, 0.2) is 0 Å². The second kappa shape index (κ2) is 6.74. The molecule has 4 aromatic rings. The Labute approximate surface area is 178 Å². The molecule has 1 saturated heterocycles. The summed E-state index contributed by atoms with van der Waals surface area (Å²) in [7, 11) is 0. The lowest BCUT2D eigenvalue weighted by Crippen LogP contribution is -2.39. The zero-order valence-electron chi connectivity index (χ0n) is 16.6. The fourth-order valence-corrected chi connectivity index (χ4v) is 5.89. The summed E-state index contributed by atoms with van der Waals surface area (Å²) in [5.41, 5.74) is 11.7. The lowest BCUT2D eigenvalue weighted by atomic mass is 9.86. The maximum atomic E-state index is 12.9. The summed E-state index contributed by atoms with van der Waals surface area (Å²) >= 11 is 1.41. The summed E-state index contributed by atoms with van der Waals surface area (Å²) in [4.78, 5) is 24.9. The molecule has 1 fully saturated rings. The van der Waals surface area contributed by atoms with Crippen molar-refractivity contribution in [2.24, 2.45) is 0 Å². The Morgan fingerprint density at radius 2 is 2.10 bits per heavy atom. The zero-order chi connectivity index (χ0) is 20.2. The first-order valence-electron chi connectivity index (χ1n) is 10.5. The number of benzene rings is 1. The average molecular weight is 418 g/mol. The molecule has 152 valence electrons. The molecular weight excluding hydrogens is 394 g/mol. The summed E-state index contributed by atoms with van der Waals surface area (Å²) in [6.07, 6.45) is 5.13. The van der Waals surface area contributed by atoms with E-state index in [4.69, 9.17) is 10.7 Å². The van der Waals surface area contributed by atoms with Gasteiger partial charge in [-0.2, -0.15) is 0 Å². The number of nitrogens with zero attached hydrogens (tertiary/aromatic N) is 2. The van der Waals surface area contributed by atoms with Crippen LogP contribution in [0.5, 0.6) is 0 Å². The van der Waals surface area contributed by atoms with Crippen LogP contribution in [-0.2, 0) is 6.42 Å². The van der Waals surface area contributed by atoms with Crippen molar-refractivity contribution in [1.82, 2.24) is 15.3 Å². The number of thiophene rings is 1. The second-order valence-electron chi connectivity index (χ2n) is 8.22. The van der Waals surface area contributed by atoms with Crippen molar-refractivity contribution in [3.05, 3.63) is 52.7 Å². The first-order chi connectivity index (χ1) is 14.7. The van der Waals surface area contributed by atoms with Gasteiger partial charge in [0.25, 0.3) is 5.91 Å². The van der Waals surface area contributed by atoms with Crippen LogP contribution in [0.25, 0.3) is 21.1 Å². The molecule has 0 radical (unpaired) electrons. The predicted octanol–water partition coefficient (Wildman–Crippen LogP) is 4.03. The number of fused-ring (bicyclic) bond motifs is 4. The summed E-state index contributed by atoms with van der Waals surface area (Å²) < 4.78 is 0. The van der Waals surface area contributed by atoms with Crippen LogP contribution in [0.4, 0.5) is 11.4 Å². The molecule has 6 heterocycles. The number of aromatic nitrogens is 2. The number of pyridine rings is 1. The summed E-state index contributed by atoms with van der Waals surface area (Å²) in [6, 6.07) is 10.4. The van der Waals surface area contributed by atoms with Gasteiger partial charge in [-0.3, -0.25) is 4.79 Å². The highest BCUT2D eigenvalue weighted by atomic mass is 32.1. The quantitative estimate of drug-likeness (QED) is 0.468. The fraction of sp³-hybridized carbons (Fsp3) is 0.304. The number of nitrogens with two attached hydrogens (primary N) is 1. The van der Waals surface area contributed by atoms with E-state index in [2.05, 4.69) is 33.4 Å². The smallest absolute Gasteiger partial charge is 0.263 e. The van der Waals surface area contributed by atoms with Gasteiger partial charge in [0, 0.05) is 48.0 Å². The first-order valence-corrected chi connectivity index (χ1v) is 11.3. The molecule has 0 unspecified atom stereocenters. The summed E-state index contributed by atoms with van der Waals surface area (Å²) in [6.45, 7) is 2.75. The number of amides is 1. The molecule has 1 amide bonds. The molecule has 7 rings (SSSR count). The predicted molar refractivity (Wildman–Crippen MR) is 123 cm³/mol. The monoisotopic (exact) mass is 417 g/mol. The minimum absolute atomic E-state index is 0.114. The second-order valence-corrected chi connectivity index (χ2v) is 9.22. The molecule has 7 heteroatoms. The number of piperidine rings is 1. The van der Waals surface area contributed by atoms with E-state index < -0.39 is 0 Å². The summed E-state index contributed by atoms with van der Waals surface area (Å²) in [5.74, 6) is 0.433. The van der Waals surface area contributed by atoms with E-state index >= 15 is 0 Å². The number of hydrogen-bond acceptors (Lipinski definition) is 5. The number of aromatic amines is 1. The molecular formula is C23H23N5OS. The van der Waals surface area contributed by atoms with Crippen molar-refractivity contribution in [3.8, 4) is 0 Å². The van der Waals surface area contributed by atoms with Gasteiger partial charge in [-0.05, 0) is 37.0 Å². The van der Waals surface area contributed by atoms with E-state index in [9.17, 15) is 4.79 Å². The third-order valence-electron chi connectivity index (χ3n) is 6.51. The van der Waals surface area contributed by atoms with Crippen LogP contribution in [0, 0.1) is 0 Å². The molecule has 3 aliphatic rings. The number of hydrogen-bond donors (Lipinski definition) is 3. The molecule has 3 aromatic heterocycles. The molecule has 0 spiro atoms. The number of H-pyrrole nitrogens is 1. The van der Waals surface area contributed by atoms with E-state index in [1.165, 1.54) is 46.5 Å². The number of rotatable bonds is 4. The van der Waals surface area contributed by atoms with Crippen LogP contribution in [0.1, 0.15) is 39.7 Å². The van der Waals surface area contributed by atoms with E-state index in [1.807, 2.05) is 18.3 Å². The molecule has 0 aliphatic carbocycles. The van der Waals surface area contributed by atoms with Crippen LogP contribution in [-0.4, -0.2) is 35.5 Å². The molecule has 2 bridgehead atoms. The standard InChI is InChI=1S/C23H23N5OS/c24-19-16-11-18-20(13-6-9-28(18)10-7-13)27-23(16)30-21(19)22(29)25-8-5-14-12-26-17-4-2-1-3-15(14)17/h1-4,11-13,26H,5-10,24H2,(H,25,29). The van der Waals surface area contributed by atoms with Gasteiger partial charge < -0.3 is 20.9 Å². The average Bonchev–Trinajstić information content (AvgIpc) is 3.34. The van der Waals surface area contributed by atoms with Gasteiger partial charge in [-0.15, -0.1) is 11.3 Å². The number of nitrogens with one attached hydrogen (secondary N) is 2. The number of para-hydroxylation sites is 1. The van der Waals surface area contributed by atoms with E-state index in [0.29, 0.717) is 23.0 Å². The van der Waals surface area contributed by atoms with Crippen LogP contribution in [0.2, 0.25) is 0 Å². The third kappa shape index (κ3) is 2.69. The van der Waals surface area contributed by atoms with Gasteiger partial charge in [0.05, 0.1) is 17.1 Å². The van der Waals surface area contributed by atoms with E-state index in [0.717, 1.165) is 35.2 Å². The van der Waals surface area contributed by atoms with E-state index in [1.54, 1.807) is 0 Å². The highest BCUT2D eigenvalue weighted by Crippen LogP contribution is 2.45. The van der Waals surface area contributed by atoms with Gasteiger partial charge in [-0.1, -0.05) is 18.2 Å². The Hall–Kier alpha value is -3.06. The first kappa shape index (κ1) is 17.8. The van der Waals surface area contributed by atoms with Gasteiger partial charge in [0.1, 0.15) is 9.71 Å². The lowest BCUT2D eigenvalue weighted by molar-refractivity contribution is 0.0959. The molecule has 1 aromatic carbocycles. The summed E-state index contributed by atoms with van der Waals surface area (Å²) in [5, 5.41) is 5.15. The lowest BCUT2D eigenvalue weighted by Gasteiger charge is -2.41. The van der Waals surface area contributed by atoms with Crippen molar-refractivity contribution in [3.63, 3.8) is 0 Å². The molecule has 4 N–H and O–H groups in total. The highest BCUT2D eigenvalue weighted by molar-refractivity contribution is 7.21. The normalized spacial score (nSPS) is 15.8. The Bertz CT molecular complexity index is 1280. The topological polar surface area (TPSA) is 87.0 Å². The maximum Gasteiger partial charge on any atom is 0.263 e. The number of carbonyl (C=O) groups excluding carboxylic acids is 1. The van der Waals surface area contributed by atoms with Crippen LogP contribution in [0.3, 0.4) is 0 Å². The molecule has 0 saturated carbocycles. The van der Waals surface area contributed by atoms with Crippen molar-refractivity contribution >= 4 is 49.7 Å². The Balaban J connectivity index is 1.23. The van der Waals surface area contributed by atoms with Crippen molar-refractivity contribution in [2.45, 2.75) is 25.2 Å². The van der Waals surface area contributed by atoms with Crippen LogP contribution >= 0.6 is 11.3 Å². The molecule has 3 aliphatic heterocycles. The maximum absolute atomic E-state index is 12.9. The van der Waals surface area contributed by atoms with Crippen molar-refractivity contribution in [2.75, 3.05) is 30.3 Å². The van der Waals surface area contributed by atoms with Gasteiger partial charge in [0.2, 0.25) is 0 Å². The Kier molecular flexibility index (Phi) is 3.99. The van der Waals surface area contributed by atoms with Gasteiger partial charge >= 0.3 is 0 Å². The van der Waals surface area contributed by atoms with Crippen molar-refractivity contribution in [1.29, 1.82) is 0 Å².